The second-order valence-corrected chi connectivity index (χ2v) is 4.36. The Morgan fingerprint density at radius 3 is 3.11 bits per heavy atom. The molecule has 0 aliphatic carbocycles. The Kier molecular flexibility index (Phi) is 2.78. The Balaban J connectivity index is 2.65. The average Bonchev–Trinajstić information content (AvgIpc) is 1.91. The van der Waals surface area contributed by atoms with Crippen molar-refractivity contribution in [2.75, 3.05) is 4.43 Å². The van der Waals surface area contributed by atoms with Crippen LogP contribution in [0.3, 0.4) is 0 Å². The highest BCUT2D eigenvalue weighted by Crippen LogP contribution is 2.11. The lowest BCUT2D eigenvalue weighted by Crippen LogP contribution is -1.88. The molecular formula is C7H8IN. The number of halogens is 1. The molecule has 0 aromatic rings. The predicted octanol–water partition coefficient (Wildman–Crippen LogP) is 1.01. The minimum Gasteiger partial charge on any atom is -0.359 e. The highest BCUT2D eigenvalue weighted by molar-refractivity contribution is 14.2. The summed E-state index contributed by atoms with van der Waals surface area (Å²) < 4.78 is 3.58. The van der Waals surface area contributed by atoms with Crippen LogP contribution in [0.2, 0.25) is 0 Å². The van der Waals surface area contributed by atoms with Gasteiger partial charge in [0.2, 0.25) is 0 Å². The number of hydrogen-bond acceptors (Lipinski definition) is 1. The van der Waals surface area contributed by atoms with Gasteiger partial charge in [-0.2, -0.15) is 0 Å². The van der Waals surface area contributed by atoms with Crippen molar-refractivity contribution < 1.29 is 0 Å². The number of alkyl halides is 1. The maximum Gasteiger partial charge on any atom is 0.00666 e. The van der Waals surface area contributed by atoms with E-state index in [1.54, 1.807) is 0 Å². The Morgan fingerprint density at radius 2 is 2.56 bits per heavy atom. The van der Waals surface area contributed by atoms with Crippen LogP contribution in [0.25, 0.3) is 0 Å². The largest absolute Gasteiger partial charge is 0.359 e. The zero-order valence-corrected chi connectivity index (χ0v) is 7.18. The summed E-state index contributed by atoms with van der Waals surface area (Å²) in [6, 6.07) is 2.41. The predicted molar refractivity (Wildman–Crippen MR) is 49.6 cm³/mol. The van der Waals surface area contributed by atoms with E-state index in [-0.39, 0.29) is 0 Å². The molecule has 0 spiro atoms. The van der Waals surface area contributed by atoms with Crippen LogP contribution in [0.1, 0.15) is 6.42 Å². The van der Waals surface area contributed by atoms with Crippen LogP contribution in [-0.4, -0.2) is 8.44 Å². The van der Waals surface area contributed by atoms with Crippen LogP contribution in [0.5, 0.6) is 0 Å². The molecule has 0 radical (unpaired) electrons. The topological polar surface area (TPSA) is 26.0 Å². The van der Waals surface area contributed by atoms with E-state index in [1.165, 1.54) is 10.0 Å². The SMILES string of the molecule is NC#CC1=CC=ICC1. The first kappa shape index (κ1) is 6.81. The van der Waals surface area contributed by atoms with Crippen LogP contribution >= 0.6 is 20.7 Å². The smallest absolute Gasteiger partial charge is 0.00666 e. The molecule has 1 rings (SSSR count). The maximum absolute atomic E-state index is 5.05. The maximum atomic E-state index is 5.05. The summed E-state index contributed by atoms with van der Waals surface area (Å²) in [6.45, 7) is 0. The third kappa shape index (κ3) is 2.19. The molecule has 1 aliphatic heterocycles. The molecule has 0 atom stereocenters. The summed E-state index contributed by atoms with van der Waals surface area (Å²) in [5.74, 6) is 2.86. The molecule has 1 nitrogen and oxygen atoms in total. The van der Waals surface area contributed by atoms with Gasteiger partial charge in [-0.3, -0.25) is 0 Å². The summed E-state index contributed by atoms with van der Waals surface area (Å²) in [7, 11) is 0. The van der Waals surface area contributed by atoms with Crippen LogP contribution < -0.4 is 5.73 Å². The standard InChI is InChI=1S/C7H8IN/c9-6-3-7-1-4-8-5-2-7/h1,4H,2,5,9H2. The average molecular weight is 233 g/mol. The Bertz CT molecular complexity index is 205. The molecule has 0 unspecified atom stereocenters. The van der Waals surface area contributed by atoms with E-state index >= 15 is 0 Å². The summed E-state index contributed by atoms with van der Waals surface area (Å²) in [5, 5.41) is 0. The molecule has 0 aromatic heterocycles. The minimum atomic E-state index is 0.366. The molecule has 1 aliphatic rings. The van der Waals surface area contributed by atoms with Gasteiger partial charge in [0.15, 0.2) is 0 Å². The molecule has 0 amide bonds. The first-order valence-corrected chi connectivity index (χ1v) is 5.52. The van der Waals surface area contributed by atoms with Gasteiger partial charge < -0.3 is 5.73 Å². The summed E-state index contributed by atoms with van der Waals surface area (Å²) >= 11 is 0.366. The lowest BCUT2D eigenvalue weighted by atomic mass is 10.2. The summed E-state index contributed by atoms with van der Waals surface area (Å²) in [4.78, 5) is 0. The van der Waals surface area contributed by atoms with Crippen molar-refractivity contribution in [2.24, 2.45) is 5.73 Å². The van der Waals surface area contributed by atoms with Gasteiger partial charge in [-0.05, 0) is 26.9 Å². The monoisotopic (exact) mass is 233 g/mol. The summed E-state index contributed by atoms with van der Waals surface area (Å²) in [5.41, 5.74) is 6.25. The van der Waals surface area contributed by atoms with Gasteiger partial charge in [0.1, 0.15) is 0 Å². The minimum absolute atomic E-state index is 0.366. The van der Waals surface area contributed by atoms with E-state index in [1.807, 2.05) is 0 Å². The molecule has 0 aromatic carbocycles. The van der Waals surface area contributed by atoms with Gasteiger partial charge in [0, 0.05) is 11.6 Å². The Labute approximate surface area is 65.1 Å². The van der Waals surface area contributed by atoms with Gasteiger partial charge in [-0.15, -0.1) is 20.7 Å². The van der Waals surface area contributed by atoms with Crippen molar-refractivity contribution in [3.8, 4) is 12.0 Å². The fourth-order valence-corrected chi connectivity index (χ4v) is 2.56. The number of rotatable bonds is 0. The van der Waals surface area contributed by atoms with E-state index in [0.29, 0.717) is 20.7 Å². The molecule has 1 heterocycles. The molecule has 9 heavy (non-hydrogen) atoms. The first-order chi connectivity index (χ1) is 4.43. The van der Waals surface area contributed by atoms with Gasteiger partial charge in [-0.25, -0.2) is 0 Å². The Hall–Kier alpha value is -0.300. The molecule has 2 N–H and O–H groups in total. The molecule has 0 saturated carbocycles. The van der Waals surface area contributed by atoms with Crippen molar-refractivity contribution in [2.45, 2.75) is 6.42 Å². The van der Waals surface area contributed by atoms with Gasteiger partial charge in [0.25, 0.3) is 0 Å². The normalized spacial score (nSPS) is 16.7. The highest BCUT2D eigenvalue weighted by atomic mass is 127. The molecular weight excluding hydrogens is 225 g/mol. The van der Waals surface area contributed by atoms with Gasteiger partial charge >= 0.3 is 0 Å². The second kappa shape index (κ2) is 3.67. The third-order valence-corrected chi connectivity index (χ3v) is 3.09. The van der Waals surface area contributed by atoms with E-state index in [9.17, 15) is 0 Å². The molecule has 48 valence electrons. The number of hydrogen-bond donors (Lipinski definition) is 1. The lowest BCUT2D eigenvalue weighted by molar-refractivity contribution is 1.21. The van der Waals surface area contributed by atoms with E-state index in [2.05, 4.69) is 22.1 Å². The quantitative estimate of drug-likeness (QED) is 0.287. The summed E-state index contributed by atoms with van der Waals surface area (Å²) in [6.07, 6.45) is 3.25. The fraction of sp³-hybridized carbons (Fsp3) is 0.286. The molecule has 0 fully saturated rings. The van der Waals surface area contributed by atoms with E-state index in [4.69, 9.17) is 5.73 Å². The Morgan fingerprint density at radius 1 is 1.67 bits per heavy atom. The first-order valence-electron chi connectivity index (χ1n) is 2.75. The zero-order chi connectivity index (χ0) is 6.53. The van der Waals surface area contributed by atoms with Crippen molar-refractivity contribution in [1.29, 1.82) is 0 Å². The highest BCUT2D eigenvalue weighted by Gasteiger charge is 1.93. The zero-order valence-electron chi connectivity index (χ0n) is 5.02. The van der Waals surface area contributed by atoms with Crippen molar-refractivity contribution in [3.05, 3.63) is 11.6 Å². The molecule has 2 heteroatoms. The van der Waals surface area contributed by atoms with Crippen molar-refractivity contribution >= 4 is 24.7 Å². The fourth-order valence-electron chi connectivity index (χ4n) is 0.620. The van der Waals surface area contributed by atoms with Crippen LogP contribution in [0.15, 0.2) is 11.6 Å². The second-order valence-electron chi connectivity index (χ2n) is 1.68. The van der Waals surface area contributed by atoms with Gasteiger partial charge in [0.05, 0.1) is 0 Å². The van der Waals surface area contributed by atoms with Crippen LogP contribution in [-0.2, 0) is 0 Å². The van der Waals surface area contributed by atoms with E-state index < -0.39 is 0 Å². The van der Waals surface area contributed by atoms with Crippen molar-refractivity contribution in [3.63, 3.8) is 0 Å². The van der Waals surface area contributed by atoms with E-state index in [0.717, 1.165) is 6.42 Å². The van der Waals surface area contributed by atoms with Gasteiger partial charge in [-0.1, -0.05) is 0 Å². The van der Waals surface area contributed by atoms with Crippen LogP contribution in [0.4, 0.5) is 0 Å². The van der Waals surface area contributed by atoms with Crippen LogP contribution in [0, 0.1) is 12.0 Å². The molecule has 0 bridgehead atoms. The van der Waals surface area contributed by atoms with Crippen molar-refractivity contribution in [1.82, 2.24) is 0 Å². The molecule has 0 saturated heterocycles. The lowest BCUT2D eigenvalue weighted by Gasteiger charge is -1.97. The third-order valence-electron chi connectivity index (χ3n) is 1.06. The number of nitrogens with two attached hydrogens (primary N) is 1. The number of allylic oxidation sites excluding steroid dienone is 2.